The minimum Gasteiger partial charge on any atom is -0.469 e. The van der Waals surface area contributed by atoms with E-state index in [0.717, 1.165) is 4.90 Å². The lowest BCUT2D eigenvalue weighted by molar-refractivity contribution is -0.167. The molecule has 0 unspecified atom stereocenters. The molecule has 1 fully saturated rings. The highest BCUT2D eigenvalue weighted by molar-refractivity contribution is 5.97. The first-order valence-electron chi connectivity index (χ1n) is 6.87. The number of fused-ring (bicyclic) bond motifs is 4. The smallest absolute Gasteiger partial charge is 0.327 e. The van der Waals surface area contributed by atoms with E-state index in [1.165, 1.54) is 14.0 Å². The van der Waals surface area contributed by atoms with Crippen molar-refractivity contribution in [3.8, 4) is 5.75 Å². The predicted molar refractivity (Wildman–Crippen MR) is 74.8 cm³/mol. The van der Waals surface area contributed by atoms with Gasteiger partial charge in [-0.3, -0.25) is 19.8 Å². The van der Waals surface area contributed by atoms with Gasteiger partial charge in [0.25, 0.3) is 0 Å². The fourth-order valence-electron chi connectivity index (χ4n) is 3.20. The van der Waals surface area contributed by atoms with Crippen LogP contribution in [-0.2, 0) is 14.3 Å². The zero-order valence-corrected chi connectivity index (χ0v) is 12.5. The van der Waals surface area contributed by atoms with Crippen LogP contribution in [-0.4, -0.2) is 35.6 Å². The van der Waals surface area contributed by atoms with Gasteiger partial charge in [-0.05, 0) is 13.0 Å². The summed E-state index contributed by atoms with van der Waals surface area (Å²) < 4.78 is 10.7. The van der Waals surface area contributed by atoms with E-state index in [9.17, 15) is 14.4 Å². The van der Waals surface area contributed by atoms with Crippen molar-refractivity contribution in [1.82, 2.24) is 10.2 Å². The summed E-state index contributed by atoms with van der Waals surface area (Å²) >= 11 is 0. The van der Waals surface area contributed by atoms with E-state index in [1.807, 2.05) is 0 Å². The fraction of sp³-hybridized carbons (Fsp3) is 0.400. The number of imide groups is 1. The second-order valence-electron chi connectivity index (χ2n) is 5.51. The standard InChI is InChI=1S/C15H16N2O5/c1-8(18)17-12-9-6-4-5-7-10(9)22-15(2,16-14(17)20)11(12)13(19)21-3/h4-7,11-12H,1-3H3,(H,16,20)/t11-,12+,15+/m0/s1. The quantitative estimate of drug-likeness (QED) is 0.788. The van der Waals surface area contributed by atoms with E-state index in [-0.39, 0.29) is 0 Å². The molecule has 2 bridgehead atoms. The highest BCUT2D eigenvalue weighted by atomic mass is 16.5. The average Bonchev–Trinajstić information content (AvgIpc) is 2.44. The Morgan fingerprint density at radius 2 is 2.05 bits per heavy atom. The van der Waals surface area contributed by atoms with Gasteiger partial charge in [-0.2, -0.15) is 0 Å². The van der Waals surface area contributed by atoms with Crippen LogP contribution in [0.15, 0.2) is 24.3 Å². The minimum atomic E-state index is -1.27. The van der Waals surface area contributed by atoms with Crippen molar-refractivity contribution >= 4 is 17.9 Å². The number of methoxy groups -OCH3 is 1. The molecule has 1 aromatic rings. The maximum absolute atomic E-state index is 12.3. The number of nitrogens with one attached hydrogen (secondary N) is 1. The lowest BCUT2D eigenvalue weighted by Crippen LogP contribution is -2.71. The Morgan fingerprint density at radius 3 is 2.68 bits per heavy atom. The Kier molecular flexibility index (Phi) is 3.09. The van der Waals surface area contributed by atoms with E-state index in [4.69, 9.17) is 9.47 Å². The van der Waals surface area contributed by atoms with Gasteiger partial charge in [-0.1, -0.05) is 18.2 Å². The Balaban J connectivity index is 2.23. The molecular formula is C15H16N2O5. The van der Waals surface area contributed by atoms with Gasteiger partial charge in [0.15, 0.2) is 5.72 Å². The van der Waals surface area contributed by atoms with Crippen molar-refractivity contribution in [2.75, 3.05) is 7.11 Å². The van der Waals surface area contributed by atoms with Crippen molar-refractivity contribution in [3.05, 3.63) is 29.8 Å². The van der Waals surface area contributed by atoms with Crippen LogP contribution < -0.4 is 10.1 Å². The fourth-order valence-corrected chi connectivity index (χ4v) is 3.20. The van der Waals surface area contributed by atoms with Gasteiger partial charge in [-0.25, -0.2) is 4.79 Å². The number of esters is 1. The SMILES string of the molecule is COC(=O)[C@@H]1[C@H]2c3ccccc3O[C@@]1(C)NC(=O)N2C(C)=O. The number of carbonyl (C=O) groups is 3. The van der Waals surface area contributed by atoms with Crippen molar-refractivity contribution in [2.45, 2.75) is 25.6 Å². The highest BCUT2D eigenvalue weighted by Gasteiger charge is 2.60. The molecule has 2 aliphatic rings. The van der Waals surface area contributed by atoms with Gasteiger partial charge in [-0.15, -0.1) is 0 Å². The molecule has 0 spiro atoms. The number of amides is 3. The molecule has 116 valence electrons. The largest absolute Gasteiger partial charge is 0.469 e. The molecule has 1 saturated heterocycles. The third-order valence-corrected chi connectivity index (χ3v) is 4.12. The molecule has 0 radical (unpaired) electrons. The topological polar surface area (TPSA) is 84.9 Å². The van der Waals surface area contributed by atoms with Crippen LogP contribution in [0.25, 0.3) is 0 Å². The maximum Gasteiger partial charge on any atom is 0.327 e. The molecule has 2 aliphatic heterocycles. The summed E-state index contributed by atoms with van der Waals surface area (Å²) in [6.07, 6.45) is 0. The Hall–Kier alpha value is -2.57. The Morgan fingerprint density at radius 1 is 1.36 bits per heavy atom. The molecule has 0 aliphatic carbocycles. The van der Waals surface area contributed by atoms with Crippen molar-refractivity contribution < 1.29 is 23.9 Å². The molecule has 0 aromatic heterocycles. The second-order valence-corrected chi connectivity index (χ2v) is 5.51. The maximum atomic E-state index is 12.3. The molecule has 0 saturated carbocycles. The number of urea groups is 1. The number of benzene rings is 1. The van der Waals surface area contributed by atoms with E-state index in [1.54, 1.807) is 31.2 Å². The molecule has 22 heavy (non-hydrogen) atoms. The normalized spacial score (nSPS) is 29.0. The van der Waals surface area contributed by atoms with E-state index in [0.29, 0.717) is 11.3 Å². The van der Waals surface area contributed by atoms with Crippen LogP contribution in [0.1, 0.15) is 25.5 Å². The second kappa shape index (κ2) is 4.72. The third-order valence-electron chi connectivity index (χ3n) is 4.12. The zero-order chi connectivity index (χ0) is 16.1. The zero-order valence-electron chi connectivity index (χ0n) is 12.5. The molecule has 3 amide bonds. The van der Waals surface area contributed by atoms with Gasteiger partial charge >= 0.3 is 12.0 Å². The van der Waals surface area contributed by atoms with Crippen molar-refractivity contribution in [1.29, 1.82) is 0 Å². The number of ether oxygens (including phenoxy) is 2. The summed E-state index contributed by atoms with van der Waals surface area (Å²) in [6.45, 7) is 2.89. The Bertz CT molecular complexity index is 674. The number of hydrogen-bond acceptors (Lipinski definition) is 5. The van der Waals surface area contributed by atoms with Crippen LogP contribution in [0.3, 0.4) is 0 Å². The minimum absolute atomic E-state index is 0.449. The number of hydrogen-bond donors (Lipinski definition) is 1. The lowest BCUT2D eigenvalue weighted by atomic mass is 9.79. The number of para-hydroxylation sites is 1. The molecule has 7 heteroatoms. The van der Waals surface area contributed by atoms with Gasteiger partial charge in [0.2, 0.25) is 5.91 Å². The summed E-state index contributed by atoms with van der Waals surface area (Å²) in [4.78, 5) is 37.6. The van der Waals surface area contributed by atoms with Crippen LogP contribution in [0.2, 0.25) is 0 Å². The van der Waals surface area contributed by atoms with Gasteiger partial charge in [0, 0.05) is 12.5 Å². The van der Waals surface area contributed by atoms with Crippen LogP contribution >= 0.6 is 0 Å². The van der Waals surface area contributed by atoms with E-state index >= 15 is 0 Å². The molecule has 7 nitrogen and oxygen atoms in total. The molecule has 1 aromatic carbocycles. The third kappa shape index (κ3) is 1.85. The summed E-state index contributed by atoms with van der Waals surface area (Å²) in [5.41, 5.74) is -0.657. The first-order chi connectivity index (χ1) is 10.4. The molecule has 1 N–H and O–H groups in total. The highest BCUT2D eigenvalue weighted by Crippen LogP contribution is 2.48. The van der Waals surface area contributed by atoms with Crippen LogP contribution in [0.4, 0.5) is 4.79 Å². The number of carbonyl (C=O) groups excluding carboxylic acids is 3. The van der Waals surface area contributed by atoms with E-state index < -0.39 is 35.6 Å². The monoisotopic (exact) mass is 304 g/mol. The lowest BCUT2D eigenvalue weighted by Gasteiger charge is -2.52. The average molecular weight is 304 g/mol. The van der Waals surface area contributed by atoms with Crippen LogP contribution in [0, 0.1) is 5.92 Å². The number of rotatable bonds is 1. The van der Waals surface area contributed by atoms with Gasteiger partial charge in [0.05, 0.1) is 13.2 Å². The molecular weight excluding hydrogens is 288 g/mol. The van der Waals surface area contributed by atoms with Crippen molar-refractivity contribution in [2.24, 2.45) is 5.92 Å². The van der Waals surface area contributed by atoms with Crippen LogP contribution in [0.5, 0.6) is 5.75 Å². The molecule has 2 heterocycles. The summed E-state index contributed by atoms with van der Waals surface area (Å²) in [5, 5.41) is 2.60. The first-order valence-corrected chi connectivity index (χ1v) is 6.87. The van der Waals surface area contributed by atoms with E-state index in [2.05, 4.69) is 5.32 Å². The summed E-state index contributed by atoms with van der Waals surface area (Å²) in [7, 11) is 1.27. The first kappa shape index (κ1) is 14.4. The summed E-state index contributed by atoms with van der Waals surface area (Å²) in [6, 6.07) is 5.69. The van der Waals surface area contributed by atoms with Gasteiger partial charge in [0.1, 0.15) is 11.7 Å². The Labute approximate surface area is 127 Å². The van der Waals surface area contributed by atoms with Crippen molar-refractivity contribution in [3.63, 3.8) is 0 Å². The molecule has 3 rings (SSSR count). The number of nitrogens with zero attached hydrogens (tertiary/aromatic N) is 1. The predicted octanol–water partition coefficient (Wildman–Crippen LogP) is 1.20. The summed E-state index contributed by atoms with van der Waals surface area (Å²) in [5.74, 6) is -1.32. The molecule has 3 atom stereocenters. The van der Waals surface area contributed by atoms with Gasteiger partial charge < -0.3 is 9.47 Å².